The zero-order chi connectivity index (χ0) is 19.4. The Kier molecular flexibility index (Phi) is 6.51. The minimum Gasteiger partial charge on any atom is -0.493 e. The Morgan fingerprint density at radius 1 is 1.15 bits per heavy atom. The van der Waals surface area contributed by atoms with Crippen LogP contribution in [0.25, 0.3) is 10.6 Å². The van der Waals surface area contributed by atoms with Crippen LogP contribution >= 0.6 is 38.6 Å². The summed E-state index contributed by atoms with van der Waals surface area (Å²) in [5.41, 5.74) is 1.62. The standard InChI is InChI=1S/C19H19BrN2O3S2/c1-11-17(18(23)21-9-8-13-5-7-16(20)26-13)27-19(22-11)12-4-6-14(24-2)15(10-12)25-3/h4-7,10H,8-9H2,1-3H3,(H,21,23). The van der Waals surface area contributed by atoms with Gasteiger partial charge in [-0.1, -0.05) is 0 Å². The number of hydrogen-bond acceptors (Lipinski definition) is 6. The van der Waals surface area contributed by atoms with Gasteiger partial charge in [-0.2, -0.15) is 0 Å². The van der Waals surface area contributed by atoms with Crippen LogP contribution in [0.15, 0.2) is 34.1 Å². The molecule has 1 aromatic carbocycles. The number of amides is 1. The van der Waals surface area contributed by atoms with Gasteiger partial charge in [-0.15, -0.1) is 22.7 Å². The molecule has 0 saturated carbocycles. The SMILES string of the molecule is COc1ccc(-c2nc(C)c(C(=O)NCCc3ccc(Br)s3)s2)cc1OC. The number of aryl methyl sites for hydroxylation is 1. The van der Waals surface area contributed by atoms with Crippen LogP contribution in [-0.4, -0.2) is 31.7 Å². The fourth-order valence-corrected chi connectivity index (χ4v) is 5.03. The number of aromatic nitrogens is 1. The van der Waals surface area contributed by atoms with Crippen molar-refractivity contribution in [3.63, 3.8) is 0 Å². The van der Waals surface area contributed by atoms with Crippen molar-refractivity contribution in [3.8, 4) is 22.1 Å². The van der Waals surface area contributed by atoms with E-state index in [2.05, 4.69) is 32.3 Å². The number of carbonyl (C=O) groups is 1. The monoisotopic (exact) mass is 466 g/mol. The molecule has 0 fully saturated rings. The molecule has 0 saturated heterocycles. The molecule has 0 radical (unpaired) electrons. The van der Waals surface area contributed by atoms with Crippen molar-refractivity contribution in [1.29, 1.82) is 0 Å². The molecule has 0 bridgehead atoms. The molecule has 3 rings (SSSR count). The lowest BCUT2D eigenvalue weighted by molar-refractivity contribution is 0.0957. The lowest BCUT2D eigenvalue weighted by Crippen LogP contribution is -2.25. The third-order valence-corrected chi connectivity index (χ3v) is 6.81. The van der Waals surface area contributed by atoms with Crippen LogP contribution < -0.4 is 14.8 Å². The zero-order valence-corrected chi connectivity index (χ0v) is 18.4. The summed E-state index contributed by atoms with van der Waals surface area (Å²) in [5, 5.41) is 3.76. The van der Waals surface area contributed by atoms with Crippen LogP contribution in [0.5, 0.6) is 11.5 Å². The maximum Gasteiger partial charge on any atom is 0.263 e. The molecule has 3 aromatic rings. The van der Waals surface area contributed by atoms with Gasteiger partial charge in [0.2, 0.25) is 0 Å². The molecule has 0 atom stereocenters. The van der Waals surface area contributed by atoms with Crippen LogP contribution in [-0.2, 0) is 6.42 Å². The third kappa shape index (κ3) is 4.69. The average Bonchev–Trinajstić information content (AvgIpc) is 3.26. The van der Waals surface area contributed by atoms with Crippen molar-refractivity contribution in [3.05, 3.63) is 49.6 Å². The maximum atomic E-state index is 12.5. The summed E-state index contributed by atoms with van der Waals surface area (Å²) in [6.45, 7) is 2.45. The lowest BCUT2D eigenvalue weighted by Gasteiger charge is -2.08. The number of rotatable bonds is 7. The normalized spacial score (nSPS) is 10.7. The molecule has 1 N–H and O–H groups in total. The van der Waals surface area contributed by atoms with Crippen molar-refractivity contribution in [2.45, 2.75) is 13.3 Å². The van der Waals surface area contributed by atoms with Gasteiger partial charge < -0.3 is 14.8 Å². The molecule has 0 unspecified atom stereocenters. The van der Waals surface area contributed by atoms with Gasteiger partial charge in [-0.05, 0) is 59.6 Å². The highest BCUT2D eigenvalue weighted by molar-refractivity contribution is 9.11. The molecule has 1 amide bonds. The Balaban J connectivity index is 1.71. The van der Waals surface area contributed by atoms with Gasteiger partial charge in [0.15, 0.2) is 11.5 Å². The highest BCUT2D eigenvalue weighted by atomic mass is 79.9. The summed E-state index contributed by atoms with van der Waals surface area (Å²) in [4.78, 5) is 19.0. The second kappa shape index (κ2) is 8.86. The van der Waals surface area contributed by atoms with E-state index < -0.39 is 0 Å². The van der Waals surface area contributed by atoms with E-state index in [9.17, 15) is 4.79 Å². The number of ether oxygens (including phenoxy) is 2. The van der Waals surface area contributed by atoms with E-state index in [1.807, 2.05) is 31.2 Å². The predicted octanol–water partition coefficient (Wildman–Crippen LogP) is 4.93. The fraction of sp³-hybridized carbons (Fsp3) is 0.263. The summed E-state index contributed by atoms with van der Waals surface area (Å²) in [7, 11) is 3.20. The Morgan fingerprint density at radius 3 is 2.59 bits per heavy atom. The molecule has 142 valence electrons. The summed E-state index contributed by atoms with van der Waals surface area (Å²) in [5.74, 6) is 1.20. The second-order valence-electron chi connectivity index (χ2n) is 5.72. The largest absolute Gasteiger partial charge is 0.493 e. The number of carbonyl (C=O) groups excluding carboxylic acids is 1. The first-order valence-corrected chi connectivity index (χ1v) is 10.7. The molecular weight excluding hydrogens is 448 g/mol. The minimum absolute atomic E-state index is 0.0904. The Bertz CT molecular complexity index is 952. The van der Waals surface area contributed by atoms with Gasteiger partial charge in [0, 0.05) is 17.0 Å². The van der Waals surface area contributed by atoms with E-state index in [4.69, 9.17) is 9.47 Å². The Morgan fingerprint density at radius 2 is 1.93 bits per heavy atom. The van der Waals surface area contributed by atoms with E-state index in [-0.39, 0.29) is 5.91 Å². The van der Waals surface area contributed by atoms with Crippen LogP contribution in [0.3, 0.4) is 0 Å². The number of hydrogen-bond donors (Lipinski definition) is 1. The van der Waals surface area contributed by atoms with Crippen molar-refractivity contribution in [1.82, 2.24) is 10.3 Å². The zero-order valence-electron chi connectivity index (χ0n) is 15.2. The molecule has 27 heavy (non-hydrogen) atoms. The number of halogens is 1. The molecular formula is C19H19BrN2O3S2. The summed E-state index contributed by atoms with van der Waals surface area (Å²) in [6, 6.07) is 9.70. The van der Waals surface area contributed by atoms with Crippen LogP contribution in [0.2, 0.25) is 0 Å². The van der Waals surface area contributed by atoms with Gasteiger partial charge >= 0.3 is 0 Å². The molecule has 8 heteroatoms. The van der Waals surface area contributed by atoms with Gasteiger partial charge in [0.05, 0.1) is 23.7 Å². The number of nitrogens with zero attached hydrogens (tertiary/aromatic N) is 1. The van der Waals surface area contributed by atoms with E-state index in [0.29, 0.717) is 22.9 Å². The third-order valence-electron chi connectivity index (χ3n) is 3.92. The van der Waals surface area contributed by atoms with E-state index in [1.54, 1.807) is 25.6 Å². The highest BCUT2D eigenvalue weighted by Gasteiger charge is 2.17. The second-order valence-corrected chi connectivity index (χ2v) is 9.26. The molecule has 0 spiro atoms. The van der Waals surface area contributed by atoms with Gasteiger partial charge in [-0.25, -0.2) is 4.98 Å². The molecule has 0 aliphatic heterocycles. The van der Waals surface area contributed by atoms with Crippen LogP contribution in [0.1, 0.15) is 20.2 Å². The maximum absolute atomic E-state index is 12.5. The molecule has 0 aliphatic carbocycles. The number of thiazole rings is 1. The van der Waals surface area contributed by atoms with E-state index >= 15 is 0 Å². The first-order valence-electron chi connectivity index (χ1n) is 8.24. The quantitative estimate of drug-likeness (QED) is 0.535. The van der Waals surface area contributed by atoms with Crippen molar-refractivity contribution >= 4 is 44.5 Å². The van der Waals surface area contributed by atoms with Crippen molar-refractivity contribution < 1.29 is 14.3 Å². The highest BCUT2D eigenvalue weighted by Crippen LogP contribution is 2.35. The lowest BCUT2D eigenvalue weighted by atomic mass is 10.2. The number of nitrogens with one attached hydrogen (secondary N) is 1. The number of methoxy groups -OCH3 is 2. The fourth-order valence-electron chi connectivity index (χ4n) is 2.57. The predicted molar refractivity (Wildman–Crippen MR) is 113 cm³/mol. The van der Waals surface area contributed by atoms with Crippen LogP contribution in [0.4, 0.5) is 0 Å². The van der Waals surface area contributed by atoms with Crippen molar-refractivity contribution in [2.75, 3.05) is 20.8 Å². The average molecular weight is 467 g/mol. The first-order chi connectivity index (χ1) is 13.0. The molecule has 5 nitrogen and oxygen atoms in total. The topological polar surface area (TPSA) is 60.5 Å². The van der Waals surface area contributed by atoms with Gasteiger partial charge in [0.25, 0.3) is 5.91 Å². The summed E-state index contributed by atoms with van der Waals surface area (Å²) < 4.78 is 11.7. The van der Waals surface area contributed by atoms with Gasteiger partial charge in [-0.3, -0.25) is 4.79 Å². The number of benzene rings is 1. The summed E-state index contributed by atoms with van der Waals surface area (Å²) >= 11 is 6.51. The van der Waals surface area contributed by atoms with Gasteiger partial charge in [0.1, 0.15) is 9.88 Å². The molecule has 0 aliphatic rings. The first kappa shape index (κ1) is 19.9. The molecule has 2 heterocycles. The van der Waals surface area contributed by atoms with Crippen molar-refractivity contribution in [2.24, 2.45) is 0 Å². The molecule has 2 aromatic heterocycles. The number of thiophene rings is 1. The minimum atomic E-state index is -0.0904. The van der Waals surface area contributed by atoms with E-state index in [1.165, 1.54) is 16.2 Å². The Labute approximate surface area is 174 Å². The summed E-state index contributed by atoms with van der Waals surface area (Å²) in [6.07, 6.45) is 0.808. The van der Waals surface area contributed by atoms with Crippen LogP contribution in [0, 0.1) is 6.92 Å². The smallest absolute Gasteiger partial charge is 0.263 e. The Hall–Kier alpha value is -1.90. The van der Waals surface area contributed by atoms with E-state index in [0.717, 1.165) is 26.5 Å².